The molecule has 0 aromatic carbocycles. The number of esters is 1. The van der Waals surface area contributed by atoms with Crippen LogP contribution in [0.5, 0.6) is 0 Å². The van der Waals surface area contributed by atoms with Crippen LogP contribution < -0.4 is 5.32 Å². The molecule has 0 aromatic heterocycles. The second-order valence-electron chi connectivity index (χ2n) is 6.23. The van der Waals surface area contributed by atoms with Crippen LogP contribution in [0.1, 0.15) is 78.6 Å². The maximum absolute atomic E-state index is 11.7. The fourth-order valence-electron chi connectivity index (χ4n) is 2.72. The largest absolute Gasteiger partial charge is 0.468 e. The average molecular weight is 301 g/mol. The topological polar surface area (TPSA) is 58.6 Å². The predicted octanol–water partition coefficient (Wildman–Crippen LogP) is 3.42. The fourth-order valence-corrected chi connectivity index (χ4v) is 2.72. The van der Waals surface area contributed by atoms with Gasteiger partial charge in [0.15, 0.2) is 0 Å². The maximum atomic E-state index is 11.7. The molecule has 0 radical (unpaired) electrons. The third-order valence-corrected chi connectivity index (χ3v) is 4.11. The van der Waals surface area contributed by atoms with Crippen molar-refractivity contribution in [2.45, 2.75) is 90.1 Å². The molecule has 0 aliphatic rings. The second kappa shape index (κ2) is 12.0. The van der Waals surface area contributed by atoms with Gasteiger partial charge in [-0.2, -0.15) is 0 Å². The molecule has 4 nitrogen and oxygen atoms in total. The molecule has 2 N–H and O–H groups in total. The van der Waals surface area contributed by atoms with Crippen LogP contribution in [-0.4, -0.2) is 36.4 Å². The molecule has 2 atom stereocenters. The lowest BCUT2D eigenvalue weighted by atomic mass is 9.87. The van der Waals surface area contributed by atoms with Crippen LogP contribution >= 0.6 is 0 Å². The lowest BCUT2D eigenvalue weighted by molar-refractivity contribution is -0.145. The van der Waals surface area contributed by atoms with Crippen molar-refractivity contribution in [3.63, 3.8) is 0 Å². The lowest BCUT2D eigenvalue weighted by Crippen LogP contribution is -2.53. The highest BCUT2D eigenvalue weighted by atomic mass is 16.5. The van der Waals surface area contributed by atoms with E-state index in [0.29, 0.717) is 0 Å². The zero-order valence-corrected chi connectivity index (χ0v) is 14.4. The Morgan fingerprint density at radius 2 is 1.62 bits per heavy atom. The Morgan fingerprint density at radius 1 is 1.10 bits per heavy atom. The van der Waals surface area contributed by atoms with Crippen molar-refractivity contribution in [3.05, 3.63) is 0 Å². The van der Waals surface area contributed by atoms with E-state index < -0.39 is 6.04 Å². The highest BCUT2D eigenvalue weighted by Crippen LogP contribution is 2.23. The molecular formula is C17H35NO3. The summed E-state index contributed by atoms with van der Waals surface area (Å²) in [6, 6.07) is -0.618. The van der Waals surface area contributed by atoms with Gasteiger partial charge in [0.1, 0.15) is 6.04 Å². The molecule has 0 aliphatic heterocycles. The van der Waals surface area contributed by atoms with Gasteiger partial charge in [-0.15, -0.1) is 0 Å². The van der Waals surface area contributed by atoms with Crippen LogP contribution in [0, 0.1) is 0 Å². The third kappa shape index (κ3) is 9.10. The van der Waals surface area contributed by atoms with Crippen molar-refractivity contribution in [1.29, 1.82) is 0 Å². The van der Waals surface area contributed by atoms with Crippen LogP contribution in [-0.2, 0) is 9.53 Å². The van der Waals surface area contributed by atoms with Gasteiger partial charge in [0.2, 0.25) is 0 Å². The number of carbonyl (C=O) groups is 1. The van der Waals surface area contributed by atoms with Crippen LogP contribution in [0.15, 0.2) is 0 Å². The number of methoxy groups -OCH3 is 1. The Labute approximate surface area is 130 Å². The number of unbranched alkanes of at least 4 members (excludes halogenated alkanes) is 5. The van der Waals surface area contributed by atoms with E-state index in [-0.39, 0.29) is 18.1 Å². The Hall–Kier alpha value is -0.610. The summed E-state index contributed by atoms with van der Waals surface area (Å²) in [6.07, 6.45) is 10.5. The minimum absolute atomic E-state index is 0.107. The molecule has 21 heavy (non-hydrogen) atoms. The molecule has 0 rings (SSSR count). The van der Waals surface area contributed by atoms with Crippen LogP contribution in [0.2, 0.25) is 0 Å². The van der Waals surface area contributed by atoms with E-state index in [0.717, 1.165) is 25.7 Å². The zero-order chi connectivity index (χ0) is 16.1. The Kier molecular flexibility index (Phi) is 11.6. The monoisotopic (exact) mass is 301 g/mol. The minimum atomic E-state index is -0.618. The van der Waals surface area contributed by atoms with Crippen molar-refractivity contribution >= 4 is 5.97 Å². The van der Waals surface area contributed by atoms with Crippen molar-refractivity contribution in [2.24, 2.45) is 0 Å². The smallest absolute Gasteiger partial charge is 0.325 e. The number of nitrogens with one attached hydrogen (secondary N) is 1. The molecule has 0 amide bonds. The van der Waals surface area contributed by atoms with Gasteiger partial charge in [-0.3, -0.25) is 10.1 Å². The Bertz CT molecular complexity index is 271. The first kappa shape index (κ1) is 20.4. The summed E-state index contributed by atoms with van der Waals surface area (Å²) >= 11 is 0. The molecule has 1 unspecified atom stereocenters. The van der Waals surface area contributed by atoms with Gasteiger partial charge in [0, 0.05) is 5.54 Å². The van der Waals surface area contributed by atoms with Crippen LogP contribution in [0.3, 0.4) is 0 Å². The highest BCUT2D eigenvalue weighted by Gasteiger charge is 2.30. The zero-order valence-electron chi connectivity index (χ0n) is 14.4. The van der Waals surface area contributed by atoms with Gasteiger partial charge < -0.3 is 9.84 Å². The number of hydrogen-bond acceptors (Lipinski definition) is 4. The molecule has 0 fully saturated rings. The van der Waals surface area contributed by atoms with Gasteiger partial charge in [-0.05, 0) is 19.8 Å². The van der Waals surface area contributed by atoms with Gasteiger partial charge >= 0.3 is 5.97 Å². The highest BCUT2D eigenvalue weighted by molar-refractivity contribution is 5.75. The summed E-state index contributed by atoms with van der Waals surface area (Å²) in [5.74, 6) is -0.382. The quantitative estimate of drug-likeness (QED) is 0.404. The first-order valence-corrected chi connectivity index (χ1v) is 8.49. The summed E-state index contributed by atoms with van der Waals surface area (Å²) in [5.41, 5.74) is -0.107. The van der Waals surface area contributed by atoms with Crippen molar-refractivity contribution in [2.75, 3.05) is 13.7 Å². The van der Waals surface area contributed by atoms with Crippen LogP contribution in [0.25, 0.3) is 0 Å². The molecule has 0 bridgehead atoms. The van der Waals surface area contributed by atoms with E-state index in [2.05, 4.69) is 26.1 Å². The minimum Gasteiger partial charge on any atom is -0.468 e. The molecule has 4 heteroatoms. The normalized spacial score (nSPS) is 15.5. The Morgan fingerprint density at radius 3 is 2.10 bits per heavy atom. The van der Waals surface area contributed by atoms with Crippen molar-refractivity contribution in [1.82, 2.24) is 5.32 Å². The maximum Gasteiger partial charge on any atom is 0.325 e. The molecule has 0 aliphatic carbocycles. The van der Waals surface area contributed by atoms with Crippen molar-refractivity contribution in [3.8, 4) is 0 Å². The Balaban J connectivity index is 4.55. The van der Waals surface area contributed by atoms with E-state index in [9.17, 15) is 9.90 Å². The number of aliphatic hydroxyl groups excluding tert-OH is 1. The summed E-state index contributed by atoms with van der Waals surface area (Å²) in [7, 11) is 1.36. The van der Waals surface area contributed by atoms with Gasteiger partial charge in [0.25, 0.3) is 0 Å². The van der Waals surface area contributed by atoms with Gasteiger partial charge in [-0.25, -0.2) is 0 Å². The second-order valence-corrected chi connectivity index (χ2v) is 6.23. The molecule has 0 saturated heterocycles. The first-order valence-electron chi connectivity index (χ1n) is 8.49. The summed E-state index contributed by atoms with van der Waals surface area (Å²) < 4.78 is 4.76. The van der Waals surface area contributed by atoms with E-state index in [1.54, 1.807) is 0 Å². The average Bonchev–Trinajstić information content (AvgIpc) is 2.49. The number of aliphatic hydroxyl groups is 1. The molecule has 126 valence electrons. The molecule has 0 aromatic rings. The van der Waals surface area contributed by atoms with E-state index >= 15 is 0 Å². The van der Waals surface area contributed by atoms with Gasteiger partial charge in [0.05, 0.1) is 13.7 Å². The van der Waals surface area contributed by atoms with E-state index in [4.69, 9.17) is 4.74 Å². The molecular weight excluding hydrogens is 266 g/mol. The van der Waals surface area contributed by atoms with E-state index in [1.807, 2.05) is 0 Å². The fraction of sp³-hybridized carbons (Fsp3) is 0.941. The first-order chi connectivity index (χ1) is 10.0. The predicted molar refractivity (Wildman–Crippen MR) is 87.3 cm³/mol. The number of ether oxygens (including phenoxy) is 1. The third-order valence-electron chi connectivity index (χ3n) is 4.11. The number of hydrogen-bond donors (Lipinski definition) is 2. The standard InChI is InChI=1S/C17H35NO3/c1-5-7-9-11-13-17(3,12-10-8-6-2)18-15(14-19)16(20)21-4/h15,18-19H,5-14H2,1-4H3/t15-,17?/m1/s1. The summed E-state index contributed by atoms with van der Waals surface area (Å²) in [5, 5.41) is 12.8. The summed E-state index contributed by atoms with van der Waals surface area (Å²) in [6.45, 7) is 6.35. The van der Waals surface area contributed by atoms with Crippen molar-refractivity contribution < 1.29 is 14.6 Å². The number of carbonyl (C=O) groups excluding carboxylic acids is 1. The van der Waals surface area contributed by atoms with E-state index in [1.165, 1.54) is 39.2 Å². The summed E-state index contributed by atoms with van der Waals surface area (Å²) in [4.78, 5) is 11.7. The molecule has 0 spiro atoms. The van der Waals surface area contributed by atoms with Crippen LogP contribution in [0.4, 0.5) is 0 Å². The molecule has 0 saturated carbocycles. The SMILES string of the molecule is CCCCCCC(C)(CCCCC)N[C@H](CO)C(=O)OC. The van der Waals surface area contributed by atoms with Gasteiger partial charge in [-0.1, -0.05) is 58.8 Å². The number of rotatable bonds is 13. The lowest BCUT2D eigenvalue weighted by Gasteiger charge is -2.34. The molecule has 0 heterocycles.